The number of rotatable bonds is 60. The van der Waals surface area contributed by atoms with Crippen LogP contribution in [0, 0.1) is 0 Å². The van der Waals surface area contributed by atoms with Gasteiger partial charge in [0.15, 0.2) is 6.10 Å². The van der Waals surface area contributed by atoms with E-state index >= 15 is 0 Å². The van der Waals surface area contributed by atoms with Crippen LogP contribution in [0.5, 0.6) is 0 Å². The fourth-order valence-electron chi connectivity index (χ4n) is 9.33. The molecule has 0 radical (unpaired) electrons. The van der Waals surface area contributed by atoms with Crippen LogP contribution in [0.25, 0.3) is 0 Å². The van der Waals surface area contributed by atoms with Gasteiger partial charge in [-0.15, -0.1) is 0 Å². The number of allylic oxidation sites excluding steroid dienone is 16. The summed E-state index contributed by atoms with van der Waals surface area (Å²) in [4.78, 5) is 38.3. The molecule has 0 saturated heterocycles. The molecule has 0 aromatic rings. The second-order valence-electron chi connectivity index (χ2n) is 22.0. The monoisotopic (exact) mass is 1080 g/mol. The van der Waals surface area contributed by atoms with Crippen molar-refractivity contribution in [2.24, 2.45) is 0 Å². The Morgan fingerprint density at radius 2 is 0.513 bits per heavy atom. The minimum atomic E-state index is -0.812. The van der Waals surface area contributed by atoms with Gasteiger partial charge in [-0.3, -0.25) is 14.4 Å². The Balaban J connectivity index is 4.35. The molecule has 0 N–H and O–H groups in total. The van der Waals surface area contributed by atoms with Crippen LogP contribution in [0.2, 0.25) is 0 Å². The van der Waals surface area contributed by atoms with Gasteiger partial charge in [-0.2, -0.15) is 0 Å². The van der Waals surface area contributed by atoms with Crippen molar-refractivity contribution in [1.82, 2.24) is 0 Å². The number of carbonyl (C=O) groups excluding carboxylic acids is 3. The molecule has 0 aliphatic heterocycles. The van der Waals surface area contributed by atoms with Crippen molar-refractivity contribution >= 4 is 17.9 Å². The number of ether oxygens (including phenoxy) is 3. The molecule has 0 bridgehead atoms. The van der Waals surface area contributed by atoms with E-state index in [1.54, 1.807) is 0 Å². The Labute approximate surface area is 483 Å². The summed E-state index contributed by atoms with van der Waals surface area (Å²) < 4.78 is 16.9. The van der Waals surface area contributed by atoms with Gasteiger partial charge in [0.25, 0.3) is 0 Å². The lowest BCUT2D eigenvalue weighted by molar-refractivity contribution is -0.167. The second-order valence-corrected chi connectivity index (χ2v) is 22.0. The van der Waals surface area contributed by atoms with Crippen LogP contribution < -0.4 is 0 Å². The highest BCUT2D eigenvalue weighted by Crippen LogP contribution is 2.16. The fourth-order valence-corrected chi connectivity index (χ4v) is 9.33. The van der Waals surface area contributed by atoms with Crippen molar-refractivity contribution in [3.63, 3.8) is 0 Å². The first-order chi connectivity index (χ1) is 38.5. The van der Waals surface area contributed by atoms with Gasteiger partial charge in [0, 0.05) is 19.3 Å². The summed E-state index contributed by atoms with van der Waals surface area (Å²) in [7, 11) is 0. The van der Waals surface area contributed by atoms with Crippen LogP contribution in [0.4, 0.5) is 0 Å². The minimum Gasteiger partial charge on any atom is -0.462 e. The highest BCUT2D eigenvalue weighted by molar-refractivity contribution is 5.71. The smallest absolute Gasteiger partial charge is 0.306 e. The predicted molar refractivity (Wildman–Crippen MR) is 339 cm³/mol. The molecule has 0 fully saturated rings. The zero-order valence-electron chi connectivity index (χ0n) is 51.4. The van der Waals surface area contributed by atoms with Crippen LogP contribution in [-0.4, -0.2) is 37.2 Å². The SMILES string of the molecule is CC/C=C\C/C=C\C/C=C\C/C=C\C/C=C\CCCC(=O)OC(COC(=O)CCCCCCC/C=C\CCCCCCCCC)COC(=O)CCCCCCCCCCCCCCCCC/C=C\C/C=C\CCCCCCC. The molecule has 0 aromatic heterocycles. The van der Waals surface area contributed by atoms with E-state index in [0.717, 1.165) is 89.9 Å². The molecule has 1 atom stereocenters. The Kier molecular flexibility index (Phi) is 62.7. The molecule has 78 heavy (non-hydrogen) atoms. The molecule has 448 valence electrons. The van der Waals surface area contributed by atoms with E-state index in [9.17, 15) is 14.4 Å². The summed E-state index contributed by atoms with van der Waals surface area (Å²) in [5, 5.41) is 0. The van der Waals surface area contributed by atoms with E-state index < -0.39 is 6.10 Å². The van der Waals surface area contributed by atoms with E-state index in [1.165, 1.54) is 186 Å². The quantitative estimate of drug-likeness (QED) is 0.0261. The molecule has 0 rings (SSSR count). The maximum absolute atomic E-state index is 12.9. The molecule has 1 unspecified atom stereocenters. The Morgan fingerprint density at radius 1 is 0.269 bits per heavy atom. The van der Waals surface area contributed by atoms with Gasteiger partial charge in [-0.1, -0.05) is 285 Å². The zero-order valence-corrected chi connectivity index (χ0v) is 51.4. The summed E-state index contributed by atoms with van der Waals surface area (Å²) in [6, 6.07) is 0. The number of unbranched alkanes of at least 4 members (excludes halogenated alkanes) is 33. The Bertz CT molecular complexity index is 1530. The van der Waals surface area contributed by atoms with E-state index in [1.807, 2.05) is 0 Å². The van der Waals surface area contributed by atoms with Crippen LogP contribution in [0.3, 0.4) is 0 Å². The molecule has 0 aliphatic carbocycles. The Morgan fingerprint density at radius 3 is 0.833 bits per heavy atom. The van der Waals surface area contributed by atoms with Crippen molar-refractivity contribution in [3.8, 4) is 0 Å². The topological polar surface area (TPSA) is 78.9 Å². The van der Waals surface area contributed by atoms with Crippen molar-refractivity contribution in [2.45, 2.75) is 329 Å². The summed E-state index contributed by atoms with van der Waals surface area (Å²) in [6.07, 6.45) is 88.6. The normalized spacial score (nSPS) is 12.7. The predicted octanol–water partition coefficient (Wildman–Crippen LogP) is 22.8. The highest BCUT2D eigenvalue weighted by Gasteiger charge is 2.19. The van der Waals surface area contributed by atoms with Gasteiger partial charge >= 0.3 is 17.9 Å². The van der Waals surface area contributed by atoms with Gasteiger partial charge < -0.3 is 14.2 Å². The lowest BCUT2D eigenvalue weighted by Gasteiger charge is -2.18. The molecule has 0 saturated carbocycles. The maximum Gasteiger partial charge on any atom is 0.306 e. The van der Waals surface area contributed by atoms with Gasteiger partial charge in [-0.25, -0.2) is 0 Å². The number of esters is 3. The van der Waals surface area contributed by atoms with E-state index in [2.05, 4.69) is 118 Å². The van der Waals surface area contributed by atoms with Crippen molar-refractivity contribution in [1.29, 1.82) is 0 Å². The second kappa shape index (κ2) is 65.8. The van der Waals surface area contributed by atoms with Crippen LogP contribution in [0.15, 0.2) is 97.2 Å². The van der Waals surface area contributed by atoms with E-state index in [0.29, 0.717) is 19.3 Å². The van der Waals surface area contributed by atoms with Gasteiger partial charge in [0.05, 0.1) is 0 Å². The molecule has 6 heteroatoms. The summed E-state index contributed by atoms with van der Waals surface area (Å²) in [5.74, 6) is -0.958. The lowest BCUT2D eigenvalue weighted by Crippen LogP contribution is -2.30. The largest absolute Gasteiger partial charge is 0.462 e. The van der Waals surface area contributed by atoms with Crippen LogP contribution in [0.1, 0.15) is 323 Å². The summed E-state index contributed by atoms with van der Waals surface area (Å²) in [5.41, 5.74) is 0. The van der Waals surface area contributed by atoms with Crippen molar-refractivity contribution < 1.29 is 28.6 Å². The van der Waals surface area contributed by atoms with Gasteiger partial charge in [0.2, 0.25) is 0 Å². The molecular weight excluding hydrogens is 961 g/mol. The fraction of sp³-hybridized carbons (Fsp3) is 0.736. The average molecular weight is 1090 g/mol. The van der Waals surface area contributed by atoms with Gasteiger partial charge in [-0.05, 0) is 116 Å². The minimum absolute atomic E-state index is 0.101. The molecule has 0 amide bonds. The maximum atomic E-state index is 12.9. The van der Waals surface area contributed by atoms with Crippen molar-refractivity contribution in [3.05, 3.63) is 97.2 Å². The van der Waals surface area contributed by atoms with E-state index in [4.69, 9.17) is 14.2 Å². The molecular formula is C72H124O6. The number of hydrogen-bond donors (Lipinski definition) is 0. The molecule has 0 heterocycles. The summed E-state index contributed by atoms with van der Waals surface area (Å²) in [6.45, 7) is 6.49. The molecule has 0 aromatic carbocycles. The molecule has 0 aliphatic rings. The number of carbonyl (C=O) groups is 3. The van der Waals surface area contributed by atoms with E-state index in [-0.39, 0.29) is 37.5 Å². The molecule has 6 nitrogen and oxygen atoms in total. The van der Waals surface area contributed by atoms with Crippen LogP contribution in [-0.2, 0) is 28.6 Å². The first-order valence-corrected chi connectivity index (χ1v) is 33.2. The standard InChI is InChI=1S/C72H124O6/c1-4-7-10-13-16-19-22-25-28-31-32-33-34-35-36-37-38-39-40-42-44-47-50-53-56-59-62-65-71(74)77-68-69(67-76-70(73)64-61-58-55-52-49-46-43-30-27-24-21-18-15-12-9-6-3)78-72(75)66-63-60-57-54-51-48-45-41-29-26-23-20-17-14-11-8-5-2/h8,11,17,20,22,25-26,29-32,43,45,48,54,57,69H,4-7,9-10,12-16,18-19,21,23-24,27-28,33-42,44,46-47,49-53,55-56,58-68H2,1-3H3/b11-8-,20-17-,25-22-,29-26-,32-31-,43-30-,48-45-,57-54-. The Hall–Kier alpha value is -3.67. The van der Waals surface area contributed by atoms with Gasteiger partial charge in [0.1, 0.15) is 13.2 Å². The highest BCUT2D eigenvalue weighted by atomic mass is 16.6. The van der Waals surface area contributed by atoms with Crippen LogP contribution >= 0.6 is 0 Å². The summed E-state index contributed by atoms with van der Waals surface area (Å²) >= 11 is 0. The third kappa shape index (κ3) is 63.2. The third-order valence-corrected chi connectivity index (χ3v) is 14.3. The molecule has 0 spiro atoms. The average Bonchev–Trinajstić information content (AvgIpc) is 3.44. The first-order valence-electron chi connectivity index (χ1n) is 33.2. The first kappa shape index (κ1) is 74.3. The zero-order chi connectivity index (χ0) is 56.4. The third-order valence-electron chi connectivity index (χ3n) is 14.3. The number of hydrogen-bond acceptors (Lipinski definition) is 6. The van der Waals surface area contributed by atoms with Crippen molar-refractivity contribution in [2.75, 3.05) is 13.2 Å². The lowest BCUT2D eigenvalue weighted by atomic mass is 10.0.